The zero-order chi connectivity index (χ0) is 14.8. The van der Waals surface area contributed by atoms with Gasteiger partial charge in [-0.25, -0.2) is 13.1 Å². The fraction of sp³-hybridized carbons (Fsp3) is 0.571. The zero-order valence-corrected chi connectivity index (χ0v) is 14.0. The summed E-state index contributed by atoms with van der Waals surface area (Å²) in [6.45, 7) is 2.17. The van der Waals surface area contributed by atoms with Gasteiger partial charge in [-0.1, -0.05) is 26.2 Å². The summed E-state index contributed by atoms with van der Waals surface area (Å²) in [5, 5.41) is 0. The molecule has 1 aromatic rings. The van der Waals surface area contributed by atoms with Crippen molar-refractivity contribution in [1.29, 1.82) is 0 Å². The van der Waals surface area contributed by atoms with E-state index in [1.807, 2.05) is 0 Å². The topological polar surface area (TPSA) is 72.2 Å². The van der Waals surface area contributed by atoms with E-state index in [0.29, 0.717) is 16.1 Å². The molecule has 1 aliphatic rings. The first kappa shape index (κ1) is 15.8. The molecule has 0 aromatic heterocycles. The van der Waals surface area contributed by atoms with Crippen molar-refractivity contribution in [3.05, 3.63) is 22.7 Å². The smallest absolute Gasteiger partial charge is 0.240 e. The number of anilines is 1. The Morgan fingerprint density at radius 1 is 1.40 bits per heavy atom. The summed E-state index contributed by atoms with van der Waals surface area (Å²) < 4.78 is 28.2. The van der Waals surface area contributed by atoms with Crippen LogP contribution in [0.15, 0.2) is 27.6 Å². The van der Waals surface area contributed by atoms with Crippen molar-refractivity contribution in [1.82, 2.24) is 4.72 Å². The van der Waals surface area contributed by atoms with Gasteiger partial charge in [-0.15, -0.1) is 0 Å². The Morgan fingerprint density at radius 3 is 2.80 bits per heavy atom. The molecule has 0 spiro atoms. The third-order valence-corrected chi connectivity index (χ3v) is 6.17. The number of benzene rings is 1. The minimum atomic E-state index is -3.47. The van der Waals surface area contributed by atoms with Crippen LogP contribution < -0.4 is 10.5 Å². The van der Waals surface area contributed by atoms with Gasteiger partial charge in [-0.2, -0.15) is 0 Å². The molecule has 2 unspecified atom stereocenters. The molecule has 2 rings (SSSR count). The molecule has 1 aromatic carbocycles. The Kier molecular flexibility index (Phi) is 5.09. The number of rotatable bonds is 4. The van der Waals surface area contributed by atoms with E-state index in [0.717, 1.165) is 25.7 Å². The van der Waals surface area contributed by atoms with E-state index in [1.54, 1.807) is 18.2 Å². The number of hydrogen-bond donors (Lipinski definition) is 2. The molecule has 1 saturated carbocycles. The van der Waals surface area contributed by atoms with Crippen molar-refractivity contribution in [3.8, 4) is 0 Å². The van der Waals surface area contributed by atoms with Gasteiger partial charge in [0, 0.05) is 16.2 Å². The van der Waals surface area contributed by atoms with Crippen LogP contribution in [0.2, 0.25) is 0 Å². The molecule has 0 heterocycles. The van der Waals surface area contributed by atoms with Gasteiger partial charge in [0.2, 0.25) is 10.0 Å². The van der Waals surface area contributed by atoms with Crippen molar-refractivity contribution in [2.24, 2.45) is 5.92 Å². The second-order valence-electron chi connectivity index (χ2n) is 5.44. The van der Waals surface area contributed by atoms with Gasteiger partial charge in [-0.3, -0.25) is 0 Å². The fourth-order valence-electron chi connectivity index (χ4n) is 2.73. The standard InChI is InChI=1S/C14H21BrN2O2S/c1-2-10-4-3-5-11(8-10)17-20(18,19)12-6-7-14(16)13(15)9-12/h6-7,9-11,17H,2-5,8,16H2,1H3. The van der Waals surface area contributed by atoms with Gasteiger partial charge in [-0.05, 0) is 52.9 Å². The minimum Gasteiger partial charge on any atom is -0.398 e. The lowest BCUT2D eigenvalue weighted by molar-refractivity contribution is 0.301. The molecule has 2 atom stereocenters. The van der Waals surface area contributed by atoms with Gasteiger partial charge in [0.1, 0.15) is 0 Å². The van der Waals surface area contributed by atoms with Gasteiger partial charge in [0.15, 0.2) is 0 Å². The molecule has 1 aliphatic carbocycles. The van der Waals surface area contributed by atoms with Crippen LogP contribution in [-0.2, 0) is 10.0 Å². The first-order chi connectivity index (χ1) is 9.42. The number of nitrogens with one attached hydrogen (secondary N) is 1. The lowest BCUT2D eigenvalue weighted by atomic mass is 9.85. The maximum atomic E-state index is 12.4. The Hall–Kier alpha value is -0.590. The summed E-state index contributed by atoms with van der Waals surface area (Å²) >= 11 is 3.27. The van der Waals surface area contributed by atoms with E-state index in [9.17, 15) is 8.42 Å². The average Bonchev–Trinajstić information content (AvgIpc) is 2.41. The zero-order valence-electron chi connectivity index (χ0n) is 11.6. The monoisotopic (exact) mass is 360 g/mol. The summed E-state index contributed by atoms with van der Waals surface area (Å²) in [7, 11) is -3.47. The quantitative estimate of drug-likeness (QED) is 0.809. The summed E-state index contributed by atoms with van der Waals surface area (Å²) in [6.07, 6.45) is 5.28. The highest BCUT2D eigenvalue weighted by Gasteiger charge is 2.25. The predicted molar refractivity (Wildman–Crippen MR) is 84.9 cm³/mol. The van der Waals surface area contributed by atoms with E-state index in [4.69, 9.17) is 5.73 Å². The maximum absolute atomic E-state index is 12.4. The Morgan fingerprint density at radius 2 is 2.15 bits per heavy atom. The highest BCUT2D eigenvalue weighted by molar-refractivity contribution is 9.10. The normalized spacial score (nSPS) is 23.7. The van der Waals surface area contributed by atoms with E-state index < -0.39 is 10.0 Å². The minimum absolute atomic E-state index is 0.0510. The van der Waals surface area contributed by atoms with Crippen molar-refractivity contribution in [2.75, 3.05) is 5.73 Å². The van der Waals surface area contributed by atoms with Crippen LogP contribution in [0.4, 0.5) is 5.69 Å². The molecule has 0 radical (unpaired) electrons. The predicted octanol–water partition coefficient (Wildman–Crippen LogP) is 3.28. The number of nitrogens with two attached hydrogens (primary N) is 1. The maximum Gasteiger partial charge on any atom is 0.240 e. The molecule has 6 heteroatoms. The molecular weight excluding hydrogens is 340 g/mol. The van der Waals surface area contributed by atoms with E-state index in [2.05, 4.69) is 27.6 Å². The van der Waals surface area contributed by atoms with Crippen LogP contribution in [0.3, 0.4) is 0 Å². The van der Waals surface area contributed by atoms with Gasteiger partial charge in [0.25, 0.3) is 0 Å². The second-order valence-corrected chi connectivity index (χ2v) is 8.01. The molecule has 3 N–H and O–H groups in total. The van der Waals surface area contributed by atoms with E-state index in [1.165, 1.54) is 6.42 Å². The molecule has 1 fully saturated rings. The van der Waals surface area contributed by atoms with Gasteiger partial charge in [0.05, 0.1) is 4.90 Å². The summed E-state index contributed by atoms with van der Waals surface area (Å²) in [5.41, 5.74) is 6.23. The molecule has 20 heavy (non-hydrogen) atoms. The van der Waals surface area contributed by atoms with Gasteiger partial charge >= 0.3 is 0 Å². The third-order valence-electron chi connectivity index (χ3n) is 3.96. The van der Waals surface area contributed by atoms with Crippen LogP contribution >= 0.6 is 15.9 Å². The van der Waals surface area contributed by atoms with Crippen LogP contribution in [-0.4, -0.2) is 14.5 Å². The number of nitrogen functional groups attached to an aromatic ring is 1. The lowest BCUT2D eigenvalue weighted by Crippen LogP contribution is -2.38. The largest absolute Gasteiger partial charge is 0.398 e. The molecule has 112 valence electrons. The molecule has 0 bridgehead atoms. The SMILES string of the molecule is CCC1CCCC(NS(=O)(=O)c2ccc(N)c(Br)c2)C1. The van der Waals surface area contributed by atoms with E-state index >= 15 is 0 Å². The van der Waals surface area contributed by atoms with Crippen LogP contribution in [0, 0.1) is 5.92 Å². The van der Waals surface area contributed by atoms with Crippen molar-refractivity contribution >= 4 is 31.6 Å². The molecule has 4 nitrogen and oxygen atoms in total. The second kappa shape index (κ2) is 6.45. The number of halogens is 1. The summed E-state index contributed by atoms with van der Waals surface area (Å²) in [5.74, 6) is 0.634. The lowest BCUT2D eigenvalue weighted by Gasteiger charge is -2.28. The first-order valence-corrected chi connectivity index (χ1v) is 9.27. The highest BCUT2D eigenvalue weighted by atomic mass is 79.9. The first-order valence-electron chi connectivity index (χ1n) is 6.99. The van der Waals surface area contributed by atoms with Crippen molar-refractivity contribution in [3.63, 3.8) is 0 Å². The Bertz CT molecular complexity index is 575. The van der Waals surface area contributed by atoms with Crippen molar-refractivity contribution in [2.45, 2.75) is 50.0 Å². The van der Waals surface area contributed by atoms with Gasteiger partial charge < -0.3 is 5.73 Å². The van der Waals surface area contributed by atoms with Crippen LogP contribution in [0.5, 0.6) is 0 Å². The average molecular weight is 361 g/mol. The van der Waals surface area contributed by atoms with Crippen LogP contribution in [0.25, 0.3) is 0 Å². The van der Waals surface area contributed by atoms with Crippen molar-refractivity contribution < 1.29 is 8.42 Å². The Balaban J connectivity index is 2.12. The van der Waals surface area contributed by atoms with E-state index in [-0.39, 0.29) is 10.9 Å². The molecular formula is C14H21BrN2O2S. The summed E-state index contributed by atoms with van der Waals surface area (Å²) in [4.78, 5) is 0.261. The third kappa shape index (κ3) is 3.74. The molecule has 0 aliphatic heterocycles. The Labute approximate surface area is 129 Å². The molecule has 0 saturated heterocycles. The fourth-order valence-corrected chi connectivity index (χ4v) is 4.57. The molecule has 0 amide bonds. The summed E-state index contributed by atoms with van der Waals surface area (Å²) in [6, 6.07) is 4.75. The number of hydrogen-bond acceptors (Lipinski definition) is 3. The van der Waals surface area contributed by atoms with Crippen LogP contribution in [0.1, 0.15) is 39.0 Å². The number of sulfonamides is 1. The highest BCUT2D eigenvalue weighted by Crippen LogP contribution is 2.28.